The van der Waals surface area contributed by atoms with Crippen LogP contribution in [0.15, 0.2) is 12.7 Å². The topological polar surface area (TPSA) is 52.6 Å². The number of Topliss-reactive ketones (excluding diaryl/α,β-unsaturated/α-hetero) is 1. The number of ketones is 1. The Balaban J connectivity index is 3.66. The predicted octanol–water partition coefficient (Wildman–Crippen LogP) is 4.18. The molecule has 0 aromatic heterocycles. The highest BCUT2D eigenvalue weighted by Gasteiger charge is 2.14. The standard InChI is InChI=1S/C19H34O4/c1-6-9-23-19(21)14-17(4)12-15(2)7-10-22-11-8-16(3)13-18(5)20/h6,15-17H,1,7-14H2,2-5H3/t15-,16-,17-/m1/s1. The van der Waals surface area contributed by atoms with E-state index < -0.39 is 0 Å². The average Bonchev–Trinajstić information content (AvgIpc) is 2.43. The molecule has 0 unspecified atom stereocenters. The Morgan fingerprint density at radius 2 is 1.61 bits per heavy atom. The third-order valence-corrected chi connectivity index (χ3v) is 3.83. The minimum Gasteiger partial charge on any atom is -0.461 e. The molecule has 0 amide bonds. The third-order valence-electron chi connectivity index (χ3n) is 3.83. The van der Waals surface area contributed by atoms with E-state index in [-0.39, 0.29) is 18.4 Å². The van der Waals surface area contributed by atoms with E-state index in [9.17, 15) is 9.59 Å². The van der Waals surface area contributed by atoms with Gasteiger partial charge in [-0.1, -0.05) is 33.4 Å². The van der Waals surface area contributed by atoms with Gasteiger partial charge in [0.2, 0.25) is 0 Å². The Bertz CT molecular complexity index is 351. The van der Waals surface area contributed by atoms with Crippen LogP contribution in [0.5, 0.6) is 0 Å². The van der Waals surface area contributed by atoms with E-state index in [1.54, 1.807) is 13.0 Å². The van der Waals surface area contributed by atoms with Gasteiger partial charge in [0.25, 0.3) is 0 Å². The molecule has 0 saturated heterocycles. The van der Waals surface area contributed by atoms with Crippen molar-refractivity contribution in [1.29, 1.82) is 0 Å². The molecule has 0 aromatic carbocycles. The molecule has 134 valence electrons. The Kier molecular flexibility index (Phi) is 12.6. The zero-order chi connectivity index (χ0) is 17.7. The first-order chi connectivity index (χ1) is 10.8. The quantitative estimate of drug-likeness (QED) is 0.273. The lowest BCUT2D eigenvalue weighted by atomic mass is 9.93. The highest BCUT2D eigenvalue weighted by molar-refractivity contribution is 5.75. The fourth-order valence-corrected chi connectivity index (χ4v) is 2.65. The number of ether oxygens (including phenoxy) is 2. The van der Waals surface area contributed by atoms with Gasteiger partial charge in [0.05, 0.1) is 0 Å². The third kappa shape index (κ3) is 14.2. The van der Waals surface area contributed by atoms with Crippen LogP contribution in [0.2, 0.25) is 0 Å². The van der Waals surface area contributed by atoms with E-state index in [0.29, 0.717) is 37.2 Å². The lowest BCUT2D eigenvalue weighted by Gasteiger charge is -2.17. The maximum atomic E-state index is 11.5. The second-order valence-electron chi connectivity index (χ2n) is 6.82. The maximum Gasteiger partial charge on any atom is 0.306 e. The van der Waals surface area contributed by atoms with Crippen molar-refractivity contribution in [3.8, 4) is 0 Å². The minimum atomic E-state index is -0.152. The Morgan fingerprint density at radius 1 is 1.00 bits per heavy atom. The van der Waals surface area contributed by atoms with Gasteiger partial charge in [-0.05, 0) is 43.9 Å². The van der Waals surface area contributed by atoms with Gasteiger partial charge in [0, 0.05) is 26.1 Å². The lowest BCUT2D eigenvalue weighted by Crippen LogP contribution is -2.13. The van der Waals surface area contributed by atoms with Crippen LogP contribution in [0.25, 0.3) is 0 Å². The van der Waals surface area contributed by atoms with Crippen LogP contribution in [0.3, 0.4) is 0 Å². The smallest absolute Gasteiger partial charge is 0.306 e. The Morgan fingerprint density at radius 3 is 2.17 bits per heavy atom. The molecule has 4 heteroatoms. The molecule has 0 aliphatic rings. The summed E-state index contributed by atoms with van der Waals surface area (Å²) in [5.74, 6) is 1.32. The van der Waals surface area contributed by atoms with Crippen molar-refractivity contribution in [3.63, 3.8) is 0 Å². The van der Waals surface area contributed by atoms with Gasteiger partial charge in [0.15, 0.2) is 0 Å². The summed E-state index contributed by atoms with van der Waals surface area (Å²) in [6, 6.07) is 0. The second-order valence-corrected chi connectivity index (χ2v) is 6.82. The fraction of sp³-hybridized carbons (Fsp3) is 0.789. The summed E-state index contributed by atoms with van der Waals surface area (Å²) in [4.78, 5) is 22.5. The molecule has 0 fully saturated rings. The van der Waals surface area contributed by atoms with Crippen LogP contribution >= 0.6 is 0 Å². The molecule has 0 bridgehead atoms. The normalized spacial score (nSPS) is 14.8. The van der Waals surface area contributed by atoms with Gasteiger partial charge in [-0.2, -0.15) is 0 Å². The Labute approximate surface area is 141 Å². The number of esters is 1. The van der Waals surface area contributed by atoms with Crippen LogP contribution in [0.4, 0.5) is 0 Å². The highest BCUT2D eigenvalue weighted by atomic mass is 16.5. The van der Waals surface area contributed by atoms with Crippen LogP contribution in [-0.4, -0.2) is 31.6 Å². The summed E-state index contributed by atoms with van der Waals surface area (Å²) in [6.45, 7) is 13.2. The van der Waals surface area contributed by atoms with Gasteiger partial charge >= 0.3 is 5.97 Å². The van der Waals surface area contributed by atoms with Gasteiger partial charge in [-0.15, -0.1) is 0 Å². The van der Waals surface area contributed by atoms with Crippen molar-refractivity contribution < 1.29 is 19.1 Å². The molecule has 23 heavy (non-hydrogen) atoms. The van der Waals surface area contributed by atoms with E-state index in [1.165, 1.54) is 0 Å². The monoisotopic (exact) mass is 326 g/mol. The van der Waals surface area contributed by atoms with Crippen molar-refractivity contribution in [3.05, 3.63) is 12.7 Å². The van der Waals surface area contributed by atoms with E-state index >= 15 is 0 Å². The van der Waals surface area contributed by atoms with Crippen molar-refractivity contribution in [2.24, 2.45) is 17.8 Å². The van der Waals surface area contributed by atoms with Crippen molar-refractivity contribution in [1.82, 2.24) is 0 Å². The molecular weight excluding hydrogens is 292 g/mol. The van der Waals surface area contributed by atoms with Crippen LogP contribution < -0.4 is 0 Å². The zero-order valence-electron chi connectivity index (χ0n) is 15.3. The van der Waals surface area contributed by atoms with Crippen LogP contribution in [0.1, 0.15) is 59.8 Å². The molecule has 0 radical (unpaired) electrons. The first kappa shape index (κ1) is 21.8. The van der Waals surface area contributed by atoms with Gasteiger partial charge in [0.1, 0.15) is 12.4 Å². The van der Waals surface area contributed by atoms with Gasteiger partial charge in [-0.3, -0.25) is 4.79 Å². The molecule has 0 spiro atoms. The van der Waals surface area contributed by atoms with Crippen molar-refractivity contribution in [2.45, 2.75) is 59.8 Å². The minimum absolute atomic E-state index is 0.152. The molecule has 0 heterocycles. The first-order valence-electron chi connectivity index (χ1n) is 8.68. The largest absolute Gasteiger partial charge is 0.461 e. The lowest BCUT2D eigenvalue weighted by molar-refractivity contribution is -0.143. The van der Waals surface area contributed by atoms with E-state index in [2.05, 4.69) is 27.4 Å². The molecule has 0 saturated carbocycles. The summed E-state index contributed by atoms with van der Waals surface area (Å²) in [5.41, 5.74) is 0. The summed E-state index contributed by atoms with van der Waals surface area (Å²) >= 11 is 0. The predicted molar refractivity (Wildman–Crippen MR) is 93.2 cm³/mol. The average molecular weight is 326 g/mol. The summed E-state index contributed by atoms with van der Waals surface area (Å²) in [6.07, 6.45) is 5.60. The number of rotatable bonds is 14. The van der Waals surface area contributed by atoms with Crippen molar-refractivity contribution in [2.75, 3.05) is 19.8 Å². The maximum absolute atomic E-state index is 11.5. The number of carbonyl (C=O) groups is 2. The molecule has 3 atom stereocenters. The molecule has 4 nitrogen and oxygen atoms in total. The molecule has 0 aromatic rings. The van der Waals surface area contributed by atoms with Crippen LogP contribution in [-0.2, 0) is 19.1 Å². The first-order valence-corrected chi connectivity index (χ1v) is 8.68. The summed E-state index contributed by atoms with van der Waals surface area (Å²) in [7, 11) is 0. The highest BCUT2D eigenvalue weighted by Crippen LogP contribution is 2.18. The Hall–Kier alpha value is -1.16. The summed E-state index contributed by atoms with van der Waals surface area (Å²) in [5, 5.41) is 0. The van der Waals surface area contributed by atoms with E-state index in [4.69, 9.17) is 9.47 Å². The van der Waals surface area contributed by atoms with Gasteiger partial charge in [-0.25, -0.2) is 0 Å². The molecule has 0 rings (SSSR count). The fourth-order valence-electron chi connectivity index (χ4n) is 2.65. The summed E-state index contributed by atoms with van der Waals surface area (Å²) < 4.78 is 10.7. The number of hydrogen-bond acceptors (Lipinski definition) is 4. The molecule has 0 aliphatic carbocycles. The second kappa shape index (κ2) is 13.3. The molecular formula is C19H34O4. The zero-order valence-corrected chi connectivity index (χ0v) is 15.3. The van der Waals surface area contributed by atoms with Crippen molar-refractivity contribution >= 4 is 11.8 Å². The van der Waals surface area contributed by atoms with Crippen LogP contribution in [0, 0.1) is 17.8 Å². The molecule has 0 aliphatic heterocycles. The molecule has 0 N–H and O–H groups in total. The number of carbonyl (C=O) groups excluding carboxylic acids is 2. The van der Waals surface area contributed by atoms with E-state index in [1.807, 2.05) is 0 Å². The number of hydrogen-bond donors (Lipinski definition) is 0. The van der Waals surface area contributed by atoms with Gasteiger partial charge < -0.3 is 14.3 Å². The van der Waals surface area contributed by atoms with E-state index in [0.717, 1.165) is 25.9 Å². The SMILES string of the molecule is C=CCOC(=O)C[C@H](C)C[C@H](C)CCOCC[C@@H](C)CC(C)=O.